The first-order valence-corrected chi connectivity index (χ1v) is 6.37. The molecule has 0 rings (SSSR count). The highest BCUT2D eigenvalue weighted by Gasteiger charge is 2.17. The second kappa shape index (κ2) is 5.70. The average molecular weight is 222 g/mol. The maximum Gasteiger partial charge on any atom is -0.0207 e. The number of hydrogen-bond donors (Lipinski definition) is 0. The highest BCUT2D eigenvalue weighted by Crippen LogP contribution is 2.27. The minimum atomic E-state index is 0.360. The lowest BCUT2D eigenvalue weighted by molar-refractivity contribution is 0.313. The second-order valence-electron chi connectivity index (χ2n) is 7.23. The van der Waals surface area contributed by atoms with E-state index in [9.17, 15) is 0 Å². The molecule has 0 heterocycles. The van der Waals surface area contributed by atoms with Gasteiger partial charge in [0.2, 0.25) is 0 Å². The van der Waals surface area contributed by atoms with Crippen LogP contribution in [0.4, 0.5) is 0 Å². The third kappa shape index (κ3) is 7.73. The van der Waals surface area contributed by atoms with E-state index < -0.39 is 0 Å². The van der Waals surface area contributed by atoms with Crippen molar-refractivity contribution in [2.24, 2.45) is 16.7 Å². The molecule has 0 aromatic rings. The maximum absolute atomic E-state index is 2.37. The fourth-order valence-corrected chi connectivity index (χ4v) is 1.30. The molecule has 0 N–H and O–H groups in total. The van der Waals surface area contributed by atoms with Crippen LogP contribution in [-0.2, 0) is 0 Å². The summed E-state index contributed by atoms with van der Waals surface area (Å²) in [6.45, 7) is 18.2. The van der Waals surface area contributed by atoms with Crippen molar-refractivity contribution in [3.8, 4) is 0 Å². The van der Waals surface area contributed by atoms with Crippen LogP contribution in [0, 0.1) is 16.7 Å². The molecule has 16 heavy (non-hydrogen) atoms. The lowest BCUT2D eigenvalue weighted by atomic mass is 9.81. The zero-order valence-electron chi connectivity index (χ0n) is 12.5. The van der Waals surface area contributed by atoms with Crippen LogP contribution in [0.15, 0.2) is 23.8 Å². The molecule has 0 aromatic heterocycles. The molecule has 0 amide bonds. The molecule has 0 saturated carbocycles. The molecule has 0 heteroatoms. The van der Waals surface area contributed by atoms with E-state index in [1.807, 2.05) is 0 Å². The highest BCUT2D eigenvalue weighted by molar-refractivity contribution is 5.17. The summed E-state index contributed by atoms with van der Waals surface area (Å²) < 4.78 is 0. The average Bonchev–Trinajstić information content (AvgIpc) is 1.99. The van der Waals surface area contributed by atoms with Crippen molar-refractivity contribution in [3.05, 3.63) is 23.8 Å². The van der Waals surface area contributed by atoms with Gasteiger partial charge in [-0.2, -0.15) is 0 Å². The van der Waals surface area contributed by atoms with Gasteiger partial charge in [-0.25, -0.2) is 0 Å². The van der Waals surface area contributed by atoms with E-state index in [-0.39, 0.29) is 0 Å². The Morgan fingerprint density at radius 3 is 1.94 bits per heavy atom. The molecule has 0 bridgehead atoms. The molecule has 0 aromatic carbocycles. The Morgan fingerprint density at radius 1 is 1.06 bits per heavy atom. The molecule has 1 atom stereocenters. The molecule has 94 valence electrons. The molecular weight excluding hydrogens is 192 g/mol. The molecule has 0 aliphatic heterocycles. The Morgan fingerprint density at radius 2 is 1.56 bits per heavy atom. The second-order valence-corrected chi connectivity index (χ2v) is 7.23. The highest BCUT2D eigenvalue weighted by atomic mass is 14.2. The van der Waals surface area contributed by atoms with Gasteiger partial charge in [-0.1, -0.05) is 72.3 Å². The Hall–Kier alpha value is -0.520. The zero-order valence-corrected chi connectivity index (χ0v) is 12.5. The van der Waals surface area contributed by atoms with Gasteiger partial charge in [0.15, 0.2) is 0 Å². The van der Waals surface area contributed by atoms with E-state index in [0.717, 1.165) is 6.42 Å². The Kier molecular flexibility index (Phi) is 5.52. The topological polar surface area (TPSA) is 0 Å². The van der Waals surface area contributed by atoms with Crippen LogP contribution >= 0.6 is 0 Å². The van der Waals surface area contributed by atoms with Gasteiger partial charge in [-0.3, -0.25) is 0 Å². The molecule has 0 spiro atoms. The summed E-state index contributed by atoms with van der Waals surface area (Å²) in [7, 11) is 0. The molecular formula is C16H30. The van der Waals surface area contributed by atoms with Crippen molar-refractivity contribution in [1.82, 2.24) is 0 Å². The van der Waals surface area contributed by atoms with Gasteiger partial charge in [0, 0.05) is 0 Å². The SMILES string of the molecule is CC(/C=C/CC(C)(C)C)=C\C(C)C(C)(C)C. The molecule has 0 aliphatic rings. The predicted molar refractivity (Wildman–Crippen MR) is 75.6 cm³/mol. The molecule has 0 nitrogen and oxygen atoms in total. The summed E-state index contributed by atoms with van der Waals surface area (Å²) in [6, 6.07) is 0. The summed E-state index contributed by atoms with van der Waals surface area (Å²) in [4.78, 5) is 0. The van der Waals surface area contributed by atoms with Crippen LogP contribution in [0.3, 0.4) is 0 Å². The van der Waals surface area contributed by atoms with Gasteiger partial charge >= 0.3 is 0 Å². The van der Waals surface area contributed by atoms with Gasteiger partial charge in [0.1, 0.15) is 0 Å². The van der Waals surface area contributed by atoms with Gasteiger partial charge in [-0.05, 0) is 30.1 Å². The van der Waals surface area contributed by atoms with Crippen molar-refractivity contribution >= 4 is 0 Å². The van der Waals surface area contributed by atoms with E-state index in [4.69, 9.17) is 0 Å². The van der Waals surface area contributed by atoms with Gasteiger partial charge in [0.25, 0.3) is 0 Å². The summed E-state index contributed by atoms with van der Waals surface area (Å²) in [5.41, 5.74) is 2.14. The van der Waals surface area contributed by atoms with Gasteiger partial charge in [0.05, 0.1) is 0 Å². The first-order chi connectivity index (χ1) is 7.02. The van der Waals surface area contributed by atoms with Crippen molar-refractivity contribution in [1.29, 1.82) is 0 Å². The van der Waals surface area contributed by atoms with Gasteiger partial charge < -0.3 is 0 Å². The van der Waals surface area contributed by atoms with Crippen LogP contribution < -0.4 is 0 Å². The van der Waals surface area contributed by atoms with Crippen LogP contribution in [0.1, 0.15) is 61.8 Å². The van der Waals surface area contributed by atoms with Gasteiger partial charge in [-0.15, -0.1) is 0 Å². The first kappa shape index (κ1) is 15.5. The fraction of sp³-hybridized carbons (Fsp3) is 0.750. The smallest absolute Gasteiger partial charge is 0.0207 e. The normalized spacial score (nSPS) is 16.9. The van der Waals surface area contributed by atoms with Crippen LogP contribution in [0.2, 0.25) is 0 Å². The van der Waals surface area contributed by atoms with E-state index in [1.54, 1.807) is 0 Å². The van der Waals surface area contributed by atoms with Crippen molar-refractivity contribution in [2.75, 3.05) is 0 Å². The predicted octanol–water partition coefficient (Wildman–Crippen LogP) is 5.61. The standard InChI is InChI=1S/C16H30/c1-13(10-9-11-15(3,4)5)12-14(2)16(6,7)8/h9-10,12,14H,11H2,1-8H3/b10-9+,13-12+. The van der Waals surface area contributed by atoms with Crippen LogP contribution in [0.5, 0.6) is 0 Å². The minimum absolute atomic E-state index is 0.360. The third-order valence-corrected chi connectivity index (χ3v) is 2.99. The molecule has 0 radical (unpaired) electrons. The lowest BCUT2D eigenvalue weighted by Gasteiger charge is -2.24. The minimum Gasteiger partial charge on any atom is -0.0838 e. The van der Waals surface area contributed by atoms with E-state index in [2.05, 4.69) is 73.6 Å². The molecule has 0 saturated heterocycles. The number of rotatable bonds is 3. The first-order valence-electron chi connectivity index (χ1n) is 6.37. The van der Waals surface area contributed by atoms with Crippen molar-refractivity contribution in [2.45, 2.75) is 61.8 Å². The number of allylic oxidation sites excluding steroid dienone is 4. The lowest BCUT2D eigenvalue weighted by Crippen LogP contribution is -2.15. The maximum atomic E-state index is 2.37. The van der Waals surface area contributed by atoms with Crippen LogP contribution in [0.25, 0.3) is 0 Å². The van der Waals surface area contributed by atoms with Crippen LogP contribution in [-0.4, -0.2) is 0 Å². The summed E-state index contributed by atoms with van der Waals surface area (Å²) in [5.74, 6) is 0.617. The summed E-state index contributed by atoms with van der Waals surface area (Å²) >= 11 is 0. The van der Waals surface area contributed by atoms with E-state index >= 15 is 0 Å². The fourth-order valence-electron chi connectivity index (χ4n) is 1.30. The zero-order chi connectivity index (χ0) is 13.0. The quantitative estimate of drug-likeness (QED) is 0.545. The third-order valence-electron chi connectivity index (χ3n) is 2.99. The Bertz CT molecular complexity index is 253. The van der Waals surface area contributed by atoms with E-state index in [0.29, 0.717) is 16.7 Å². The van der Waals surface area contributed by atoms with Crippen molar-refractivity contribution < 1.29 is 0 Å². The summed E-state index contributed by atoms with van der Waals surface area (Å²) in [6.07, 6.45) is 8.07. The summed E-state index contributed by atoms with van der Waals surface area (Å²) in [5, 5.41) is 0. The largest absolute Gasteiger partial charge is 0.0838 e. The monoisotopic (exact) mass is 222 g/mol. The number of hydrogen-bond acceptors (Lipinski definition) is 0. The Balaban J connectivity index is 4.36. The Labute approximate surface area is 103 Å². The van der Waals surface area contributed by atoms with Crippen molar-refractivity contribution in [3.63, 3.8) is 0 Å². The molecule has 1 unspecified atom stereocenters. The van der Waals surface area contributed by atoms with E-state index in [1.165, 1.54) is 5.57 Å². The molecule has 0 fully saturated rings. The molecule has 0 aliphatic carbocycles.